The highest BCUT2D eigenvalue weighted by Gasteiger charge is 1.99. The molecule has 1 aromatic carbocycles. The van der Waals surface area contributed by atoms with Gasteiger partial charge in [0.05, 0.1) is 0 Å². The predicted octanol–water partition coefficient (Wildman–Crippen LogP) is 2.67. The fourth-order valence-electron chi connectivity index (χ4n) is 0.975. The van der Waals surface area contributed by atoms with Gasteiger partial charge >= 0.3 is 0 Å². The Hall–Kier alpha value is -0.250. The zero-order valence-corrected chi connectivity index (χ0v) is 9.21. The fourth-order valence-corrected chi connectivity index (χ4v) is 2.13. The lowest BCUT2D eigenvalue weighted by molar-refractivity contribution is 1.12. The smallest absolute Gasteiger partial charge is 0.0496 e. The second kappa shape index (κ2) is 3.43. The maximum atomic E-state index is 2.36. The average Bonchev–Trinajstić information content (AvgIpc) is 1.85. The van der Waals surface area contributed by atoms with Crippen molar-refractivity contribution in [2.45, 2.75) is 6.92 Å². The molecule has 60 valence electrons. The summed E-state index contributed by atoms with van der Waals surface area (Å²) < 4.78 is 1.31. The van der Waals surface area contributed by atoms with Crippen LogP contribution in [0, 0.1) is 10.5 Å². The normalized spacial score (nSPS) is 9.82. The highest BCUT2D eigenvalue weighted by atomic mass is 127. The van der Waals surface area contributed by atoms with Gasteiger partial charge in [-0.15, -0.1) is 0 Å². The lowest BCUT2D eigenvalue weighted by Gasteiger charge is -2.14. The second-order valence-corrected chi connectivity index (χ2v) is 4.01. The van der Waals surface area contributed by atoms with E-state index in [1.165, 1.54) is 14.8 Å². The molecule has 2 heteroatoms. The van der Waals surface area contributed by atoms with Crippen LogP contribution < -0.4 is 4.90 Å². The first-order valence-electron chi connectivity index (χ1n) is 3.55. The van der Waals surface area contributed by atoms with Crippen molar-refractivity contribution >= 4 is 28.3 Å². The topological polar surface area (TPSA) is 3.24 Å². The van der Waals surface area contributed by atoms with Gasteiger partial charge in [-0.25, -0.2) is 0 Å². The van der Waals surface area contributed by atoms with Crippen LogP contribution >= 0.6 is 22.6 Å². The van der Waals surface area contributed by atoms with Crippen LogP contribution in [0.15, 0.2) is 18.2 Å². The van der Waals surface area contributed by atoms with Crippen molar-refractivity contribution in [1.29, 1.82) is 0 Å². The number of anilines is 1. The summed E-state index contributed by atoms with van der Waals surface area (Å²) in [7, 11) is 4.12. The molecule has 0 aliphatic heterocycles. The van der Waals surface area contributed by atoms with E-state index in [2.05, 4.69) is 66.7 Å². The van der Waals surface area contributed by atoms with E-state index >= 15 is 0 Å². The SMILES string of the molecule is Cc1ccc(N(C)C)c(I)c1. The minimum Gasteiger partial charge on any atom is -0.377 e. The Labute approximate surface area is 81.5 Å². The number of hydrogen-bond acceptors (Lipinski definition) is 1. The van der Waals surface area contributed by atoms with Crippen LogP contribution in [0.25, 0.3) is 0 Å². The van der Waals surface area contributed by atoms with Crippen LogP contribution in [-0.2, 0) is 0 Å². The summed E-state index contributed by atoms with van der Waals surface area (Å²) >= 11 is 2.36. The van der Waals surface area contributed by atoms with Gasteiger partial charge in [-0.05, 0) is 47.2 Å². The summed E-state index contributed by atoms with van der Waals surface area (Å²) in [4.78, 5) is 2.13. The molecule has 0 unspecified atom stereocenters. The maximum absolute atomic E-state index is 2.36. The molecule has 1 rings (SSSR count). The van der Waals surface area contributed by atoms with Crippen molar-refractivity contribution in [3.05, 3.63) is 27.3 Å². The molecule has 0 spiro atoms. The summed E-state index contributed by atoms with van der Waals surface area (Å²) in [5.74, 6) is 0. The first-order chi connectivity index (χ1) is 5.11. The van der Waals surface area contributed by atoms with E-state index in [0.717, 1.165) is 0 Å². The second-order valence-electron chi connectivity index (χ2n) is 2.85. The van der Waals surface area contributed by atoms with E-state index in [1.807, 2.05) is 0 Å². The molecule has 0 saturated heterocycles. The van der Waals surface area contributed by atoms with Gasteiger partial charge in [-0.2, -0.15) is 0 Å². The molecule has 1 aromatic rings. The van der Waals surface area contributed by atoms with Gasteiger partial charge < -0.3 is 4.90 Å². The Kier molecular flexibility index (Phi) is 2.76. The molecule has 0 saturated carbocycles. The molecule has 0 aromatic heterocycles. The Morgan fingerprint density at radius 2 is 1.91 bits per heavy atom. The van der Waals surface area contributed by atoms with Crippen molar-refractivity contribution in [3.8, 4) is 0 Å². The predicted molar refractivity (Wildman–Crippen MR) is 58.2 cm³/mol. The van der Waals surface area contributed by atoms with Crippen molar-refractivity contribution in [2.24, 2.45) is 0 Å². The zero-order valence-electron chi connectivity index (χ0n) is 7.06. The van der Waals surface area contributed by atoms with Crippen LogP contribution in [0.3, 0.4) is 0 Å². The van der Waals surface area contributed by atoms with Gasteiger partial charge in [-0.3, -0.25) is 0 Å². The molecular formula is C9H12IN. The molecule has 11 heavy (non-hydrogen) atoms. The van der Waals surface area contributed by atoms with E-state index in [4.69, 9.17) is 0 Å². The number of aryl methyl sites for hydroxylation is 1. The Morgan fingerprint density at radius 3 is 2.36 bits per heavy atom. The summed E-state index contributed by atoms with van der Waals surface area (Å²) in [5.41, 5.74) is 2.61. The maximum Gasteiger partial charge on any atom is 0.0496 e. The van der Waals surface area contributed by atoms with Gasteiger partial charge in [0.25, 0.3) is 0 Å². The highest BCUT2D eigenvalue weighted by Crippen LogP contribution is 2.21. The van der Waals surface area contributed by atoms with E-state index in [1.54, 1.807) is 0 Å². The molecule has 0 atom stereocenters. The molecule has 0 aliphatic rings. The van der Waals surface area contributed by atoms with Gasteiger partial charge in [0.2, 0.25) is 0 Å². The van der Waals surface area contributed by atoms with Crippen molar-refractivity contribution in [1.82, 2.24) is 0 Å². The molecular weight excluding hydrogens is 249 g/mol. The average molecular weight is 261 g/mol. The number of rotatable bonds is 1. The quantitative estimate of drug-likeness (QED) is 0.702. The minimum atomic E-state index is 1.29. The van der Waals surface area contributed by atoms with Crippen LogP contribution in [-0.4, -0.2) is 14.1 Å². The molecule has 0 bridgehead atoms. The van der Waals surface area contributed by atoms with Crippen LogP contribution in [0.2, 0.25) is 0 Å². The van der Waals surface area contributed by atoms with E-state index in [0.29, 0.717) is 0 Å². The molecule has 0 heterocycles. The molecule has 0 N–H and O–H groups in total. The van der Waals surface area contributed by atoms with Crippen molar-refractivity contribution in [2.75, 3.05) is 19.0 Å². The highest BCUT2D eigenvalue weighted by molar-refractivity contribution is 14.1. The molecule has 0 fully saturated rings. The lowest BCUT2D eigenvalue weighted by atomic mass is 10.2. The van der Waals surface area contributed by atoms with Gasteiger partial charge in [-0.1, -0.05) is 6.07 Å². The lowest BCUT2D eigenvalue weighted by Crippen LogP contribution is -2.09. The van der Waals surface area contributed by atoms with Gasteiger partial charge in [0.1, 0.15) is 0 Å². The van der Waals surface area contributed by atoms with E-state index < -0.39 is 0 Å². The summed E-state index contributed by atoms with van der Waals surface area (Å²) in [6.45, 7) is 2.11. The van der Waals surface area contributed by atoms with Gasteiger partial charge in [0.15, 0.2) is 0 Å². The molecule has 0 radical (unpaired) electrons. The number of halogens is 1. The molecule has 0 aliphatic carbocycles. The van der Waals surface area contributed by atoms with Crippen LogP contribution in [0.5, 0.6) is 0 Å². The Balaban J connectivity index is 3.09. The summed E-state index contributed by atoms with van der Waals surface area (Å²) in [6, 6.07) is 6.48. The minimum absolute atomic E-state index is 1.29. The van der Waals surface area contributed by atoms with Gasteiger partial charge in [0, 0.05) is 23.4 Å². The van der Waals surface area contributed by atoms with E-state index in [-0.39, 0.29) is 0 Å². The van der Waals surface area contributed by atoms with Crippen molar-refractivity contribution < 1.29 is 0 Å². The fraction of sp³-hybridized carbons (Fsp3) is 0.333. The van der Waals surface area contributed by atoms with Crippen LogP contribution in [0.1, 0.15) is 5.56 Å². The standard InChI is InChI=1S/C9H12IN/c1-7-4-5-9(11(2)3)8(10)6-7/h4-6H,1-3H3. The van der Waals surface area contributed by atoms with Crippen LogP contribution in [0.4, 0.5) is 5.69 Å². The largest absolute Gasteiger partial charge is 0.377 e. The first-order valence-corrected chi connectivity index (χ1v) is 4.62. The van der Waals surface area contributed by atoms with Crippen molar-refractivity contribution in [3.63, 3.8) is 0 Å². The molecule has 1 nitrogen and oxygen atoms in total. The summed E-state index contributed by atoms with van der Waals surface area (Å²) in [5, 5.41) is 0. The van der Waals surface area contributed by atoms with E-state index in [9.17, 15) is 0 Å². The number of benzene rings is 1. The summed E-state index contributed by atoms with van der Waals surface area (Å²) in [6.07, 6.45) is 0. The monoisotopic (exact) mass is 261 g/mol. The third kappa shape index (κ3) is 2.09. The number of hydrogen-bond donors (Lipinski definition) is 0. The zero-order chi connectivity index (χ0) is 8.43. The third-order valence-electron chi connectivity index (χ3n) is 1.58. The Morgan fingerprint density at radius 1 is 1.27 bits per heavy atom. The molecule has 0 amide bonds. The number of nitrogens with zero attached hydrogens (tertiary/aromatic N) is 1. The Bertz CT molecular complexity index is 256. The first kappa shape index (κ1) is 8.84. The third-order valence-corrected chi connectivity index (χ3v) is 2.45.